The van der Waals surface area contributed by atoms with Gasteiger partial charge in [-0.15, -0.1) is 0 Å². The monoisotopic (exact) mass is 903 g/mol. The lowest BCUT2D eigenvalue weighted by Crippen LogP contribution is -2.51. The van der Waals surface area contributed by atoms with Crippen LogP contribution in [0.25, 0.3) is 0 Å². The van der Waals surface area contributed by atoms with Crippen LogP contribution >= 0.6 is 0 Å². The molecule has 1 unspecified atom stereocenters. The van der Waals surface area contributed by atoms with Crippen LogP contribution in [0.5, 0.6) is 17.2 Å². The molecule has 1 atom stereocenters. The Balaban J connectivity index is 1.42. The van der Waals surface area contributed by atoms with E-state index in [0.29, 0.717) is 11.4 Å². The van der Waals surface area contributed by atoms with Crippen LogP contribution in [0.3, 0.4) is 0 Å². The van der Waals surface area contributed by atoms with Gasteiger partial charge in [-0.25, -0.2) is 0 Å². The summed E-state index contributed by atoms with van der Waals surface area (Å²) in [5.41, 5.74) is -2.06. The zero-order valence-electron chi connectivity index (χ0n) is 36.8. The van der Waals surface area contributed by atoms with E-state index in [4.69, 9.17) is 4.84 Å². The summed E-state index contributed by atoms with van der Waals surface area (Å²) in [4.78, 5) is 136. The lowest BCUT2D eigenvalue weighted by Gasteiger charge is -2.35. The Morgan fingerprint density at radius 2 is 1.25 bits per heavy atom. The summed E-state index contributed by atoms with van der Waals surface area (Å²) in [6.45, 7) is 3.54. The van der Waals surface area contributed by atoms with Crippen molar-refractivity contribution in [2.45, 2.75) is 97.3 Å². The van der Waals surface area contributed by atoms with Gasteiger partial charge in [-0.3, -0.25) is 52.8 Å². The van der Waals surface area contributed by atoms with Gasteiger partial charge in [-0.1, -0.05) is 0 Å². The van der Waals surface area contributed by atoms with Crippen LogP contribution in [-0.4, -0.2) is 89.0 Å². The average Bonchev–Trinajstić information content (AvgIpc) is 3.58. The first kappa shape index (κ1) is 48.5. The maximum Gasteiger partial charge on any atom is 0.253 e. The van der Waals surface area contributed by atoms with Gasteiger partial charge in [0.25, 0.3) is 11.8 Å². The maximum atomic E-state index is 13.7. The summed E-state index contributed by atoms with van der Waals surface area (Å²) in [6.07, 6.45) is 0.419. The summed E-state index contributed by atoms with van der Waals surface area (Å²) in [5, 5.41) is 34.9. The van der Waals surface area contributed by atoms with Crippen LogP contribution in [0, 0.1) is 20.8 Å². The van der Waals surface area contributed by atoms with Gasteiger partial charge < -0.3 is 50.8 Å². The van der Waals surface area contributed by atoms with E-state index in [9.17, 15) is 58.2 Å². The molecule has 0 bridgehead atoms. The molecule has 7 N–H and O–H groups in total. The van der Waals surface area contributed by atoms with Crippen LogP contribution in [0.15, 0.2) is 44.7 Å². The number of imide groups is 1. The quantitative estimate of drug-likeness (QED) is 0.108. The van der Waals surface area contributed by atoms with E-state index in [1.54, 1.807) is 37.1 Å². The summed E-state index contributed by atoms with van der Waals surface area (Å²) < 4.78 is 4.19. The molecule has 22 nitrogen and oxygen atoms in total. The largest absolute Gasteiger partial charge is 0.503 e. The zero-order chi connectivity index (χ0) is 47.7. The topological polar surface area (TPSA) is 299 Å². The predicted molar refractivity (Wildman–Crippen MR) is 230 cm³/mol. The molecule has 22 heteroatoms. The molecule has 0 radical (unpaired) electrons. The first-order chi connectivity index (χ1) is 30.7. The van der Waals surface area contributed by atoms with Crippen molar-refractivity contribution >= 4 is 41.4 Å². The normalized spacial score (nSPS) is 16.8. The number of amides is 7. The predicted octanol–water partition coefficient (Wildman–Crippen LogP) is -0.996. The van der Waals surface area contributed by atoms with Crippen LogP contribution in [-0.2, 0) is 67.3 Å². The number of rotatable bonds is 12. The van der Waals surface area contributed by atoms with Gasteiger partial charge >= 0.3 is 0 Å². The van der Waals surface area contributed by atoms with Gasteiger partial charge in [0.15, 0.2) is 11.5 Å². The van der Waals surface area contributed by atoms with Crippen molar-refractivity contribution in [3.8, 4) is 17.2 Å². The van der Waals surface area contributed by atoms with Crippen LogP contribution in [0.1, 0.15) is 85.5 Å². The van der Waals surface area contributed by atoms with E-state index in [1.807, 2.05) is 0 Å². The number of hydrogen-bond acceptors (Lipinski definition) is 13. The van der Waals surface area contributed by atoms with Gasteiger partial charge in [-0.2, -0.15) is 4.73 Å². The average molecular weight is 904 g/mol. The first-order valence-corrected chi connectivity index (χ1v) is 20.8. The van der Waals surface area contributed by atoms with Crippen LogP contribution in [0.2, 0.25) is 0 Å². The van der Waals surface area contributed by atoms with Crippen LogP contribution < -0.4 is 47.7 Å². The highest BCUT2D eigenvalue weighted by atomic mass is 16.7. The molecule has 348 valence electrons. The molecule has 0 saturated carbocycles. The minimum absolute atomic E-state index is 0.120. The van der Waals surface area contributed by atoms with Crippen molar-refractivity contribution in [3.05, 3.63) is 95.2 Å². The van der Waals surface area contributed by atoms with Gasteiger partial charge in [0.2, 0.25) is 51.6 Å². The van der Waals surface area contributed by atoms with Crippen molar-refractivity contribution in [3.63, 3.8) is 0 Å². The Morgan fingerprint density at radius 1 is 0.692 bits per heavy atom. The number of aromatic nitrogens is 3. The number of hydrogen-bond donors (Lipinski definition) is 7. The SMILES string of the molecule is Cc1cc(=O)c(O)c(CNC(=O)CCC2(NC(=O)CCNC(=O)CCN3C(=O)C=CC3=O)CCC(=O)NCc3c(c(=O)cc(C)n3C)On3c(C)cc(=O)c(O)c3CNC(=O)CC2)n1C. The highest BCUT2D eigenvalue weighted by Crippen LogP contribution is 2.28. The Bertz CT molecular complexity index is 2620. The van der Waals surface area contributed by atoms with E-state index in [1.165, 1.54) is 19.1 Å². The second kappa shape index (κ2) is 20.8. The molecule has 65 heavy (non-hydrogen) atoms. The highest BCUT2D eigenvalue weighted by Gasteiger charge is 2.34. The van der Waals surface area contributed by atoms with Gasteiger partial charge in [0.1, 0.15) is 5.69 Å². The molecule has 5 rings (SSSR count). The number of aryl methyl sites for hydroxylation is 3. The van der Waals surface area contributed by atoms with E-state index in [0.717, 1.165) is 27.8 Å². The molecule has 3 aromatic heterocycles. The van der Waals surface area contributed by atoms with Gasteiger partial charge in [0.05, 0.1) is 36.7 Å². The highest BCUT2D eigenvalue weighted by molar-refractivity contribution is 6.13. The zero-order valence-corrected chi connectivity index (χ0v) is 36.8. The number of carbonyl (C=O) groups excluding carboxylic acids is 7. The van der Waals surface area contributed by atoms with Crippen molar-refractivity contribution < 1.29 is 48.6 Å². The Kier molecular flexibility index (Phi) is 15.5. The number of fused-ring (bicyclic) bond motifs is 2. The Hall–Kier alpha value is -7.52. The Labute approximate surface area is 371 Å². The van der Waals surface area contributed by atoms with E-state index in [2.05, 4.69) is 26.6 Å². The number of pyridine rings is 3. The molecule has 0 aliphatic carbocycles. The third kappa shape index (κ3) is 11.9. The van der Waals surface area contributed by atoms with Gasteiger partial charge in [0, 0.05) is 107 Å². The fourth-order valence-electron chi connectivity index (χ4n) is 7.43. The van der Waals surface area contributed by atoms with E-state index < -0.39 is 81.2 Å². The van der Waals surface area contributed by atoms with E-state index >= 15 is 0 Å². The fraction of sp³-hybridized carbons (Fsp3) is 0.442. The minimum atomic E-state index is -1.44. The molecule has 7 amide bonds. The third-order valence-corrected chi connectivity index (χ3v) is 11.5. The van der Waals surface area contributed by atoms with Crippen molar-refractivity contribution in [2.75, 3.05) is 13.1 Å². The number of carbonyl (C=O) groups is 7. The molecular formula is C43H53N9O13. The molecule has 5 heterocycles. The number of nitrogens with one attached hydrogen (secondary N) is 5. The molecule has 0 aromatic carbocycles. The number of nitrogens with zero attached hydrogens (tertiary/aromatic N) is 4. The smallest absolute Gasteiger partial charge is 0.253 e. The Morgan fingerprint density at radius 3 is 1.89 bits per heavy atom. The lowest BCUT2D eigenvalue weighted by atomic mass is 9.83. The minimum Gasteiger partial charge on any atom is -0.503 e. The number of aromatic hydroxyl groups is 2. The second-order valence-electron chi connectivity index (χ2n) is 16.0. The van der Waals surface area contributed by atoms with Gasteiger partial charge in [-0.05, 0) is 40.0 Å². The molecule has 0 spiro atoms. The summed E-state index contributed by atoms with van der Waals surface area (Å²) in [7, 11) is 3.25. The molecule has 3 aromatic rings. The first-order valence-electron chi connectivity index (χ1n) is 20.8. The standard InChI is InChI=1S/C43H53N9O13/c1-24-18-30(53)40(63)27(49(24)4)21-45-33(56)8-13-43(48-37(60)11-16-44-36(59)12-17-51-38(61)6-7-39(51)62)14-9-34(57)46-22-28-41(64)31(54)20-26(3)52(28)65-42-29(23-47-35(58)10-15-43)50(5)25(2)19-32(42)55/h6-7,18-20,63-64H,8-17,21-23H2,1-5H3,(H,44,59)(H,45,56)(H,46,57)(H,47,58)(H,48,60). The van der Waals surface area contributed by atoms with Crippen molar-refractivity contribution in [1.29, 1.82) is 0 Å². The van der Waals surface area contributed by atoms with Crippen LogP contribution in [0.4, 0.5) is 0 Å². The molecule has 2 aliphatic heterocycles. The summed E-state index contributed by atoms with van der Waals surface area (Å²) in [5.74, 6) is -5.56. The second-order valence-corrected chi connectivity index (χ2v) is 16.0. The van der Waals surface area contributed by atoms with Crippen molar-refractivity contribution in [2.24, 2.45) is 14.1 Å². The fourth-order valence-corrected chi connectivity index (χ4v) is 7.43. The molecule has 0 fully saturated rings. The van der Waals surface area contributed by atoms with Crippen molar-refractivity contribution in [1.82, 2.24) is 45.3 Å². The molecular weight excluding hydrogens is 851 g/mol. The summed E-state index contributed by atoms with van der Waals surface area (Å²) >= 11 is 0. The molecule has 2 aliphatic rings. The van der Waals surface area contributed by atoms with E-state index in [-0.39, 0.29) is 106 Å². The maximum absolute atomic E-state index is 13.7. The summed E-state index contributed by atoms with van der Waals surface area (Å²) in [6, 6.07) is 3.63. The molecule has 0 saturated heterocycles. The third-order valence-electron chi connectivity index (χ3n) is 11.5. The lowest BCUT2D eigenvalue weighted by molar-refractivity contribution is -0.137.